The lowest BCUT2D eigenvalue weighted by molar-refractivity contribution is -0.274. The molecular formula is C23H21F3N2O7S. The number of aliphatic hydroxyl groups is 1. The maximum absolute atomic E-state index is 13.0. The van der Waals surface area contributed by atoms with Gasteiger partial charge >= 0.3 is 6.36 Å². The minimum absolute atomic E-state index is 0.0208. The van der Waals surface area contributed by atoms with Crippen LogP contribution in [0.2, 0.25) is 0 Å². The Labute approximate surface area is 204 Å². The van der Waals surface area contributed by atoms with Crippen LogP contribution in [0.3, 0.4) is 0 Å². The zero-order valence-electron chi connectivity index (χ0n) is 18.9. The third kappa shape index (κ3) is 6.24. The highest BCUT2D eigenvalue weighted by Gasteiger charge is 2.33. The molecule has 0 aliphatic heterocycles. The number of methoxy groups -OCH3 is 2. The number of benzene rings is 3. The van der Waals surface area contributed by atoms with Crippen LogP contribution in [0.1, 0.15) is 15.9 Å². The van der Waals surface area contributed by atoms with Crippen molar-refractivity contribution in [2.75, 3.05) is 19.5 Å². The molecule has 0 bridgehead atoms. The van der Waals surface area contributed by atoms with Crippen molar-refractivity contribution >= 4 is 21.6 Å². The topological polar surface area (TPSA) is 137 Å². The minimum Gasteiger partial charge on any atom is -0.497 e. The van der Waals surface area contributed by atoms with Crippen LogP contribution in [0.5, 0.6) is 17.2 Å². The third-order valence-corrected chi connectivity index (χ3v) is 5.92. The Morgan fingerprint density at radius 3 is 2.25 bits per heavy atom. The van der Waals surface area contributed by atoms with Gasteiger partial charge in [0, 0.05) is 28.9 Å². The fourth-order valence-electron chi connectivity index (χ4n) is 3.37. The van der Waals surface area contributed by atoms with Crippen LogP contribution in [0.4, 0.5) is 18.9 Å². The fourth-order valence-corrected chi connectivity index (χ4v) is 4.05. The summed E-state index contributed by atoms with van der Waals surface area (Å²) in [4.78, 5) is 12.5. The second-order valence-corrected chi connectivity index (χ2v) is 8.83. The van der Waals surface area contributed by atoms with E-state index >= 15 is 0 Å². The van der Waals surface area contributed by atoms with E-state index in [0.29, 0.717) is 0 Å². The highest BCUT2D eigenvalue weighted by Crippen LogP contribution is 2.38. The molecule has 0 heterocycles. The Balaban J connectivity index is 1.95. The molecule has 0 aliphatic rings. The van der Waals surface area contributed by atoms with Crippen molar-refractivity contribution in [1.29, 1.82) is 0 Å². The molecule has 0 aromatic heterocycles. The monoisotopic (exact) mass is 526 g/mol. The summed E-state index contributed by atoms with van der Waals surface area (Å²) in [7, 11) is -1.53. The lowest BCUT2D eigenvalue weighted by atomic mass is 9.96. The van der Waals surface area contributed by atoms with Gasteiger partial charge in [-0.15, -0.1) is 13.2 Å². The molecule has 13 heteroatoms. The highest BCUT2D eigenvalue weighted by molar-refractivity contribution is 7.89. The molecule has 36 heavy (non-hydrogen) atoms. The second kappa shape index (κ2) is 10.4. The van der Waals surface area contributed by atoms with Gasteiger partial charge in [0.15, 0.2) is 0 Å². The number of hydrogen-bond donors (Lipinski definition) is 3. The number of sulfonamides is 1. The first-order valence-corrected chi connectivity index (χ1v) is 11.6. The number of carbonyl (C=O) groups excluding carboxylic acids is 1. The van der Waals surface area contributed by atoms with Gasteiger partial charge < -0.3 is 24.6 Å². The number of hydrogen-bond acceptors (Lipinski definition) is 7. The molecule has 0 fully saturated rings. The van der Waals surface area contributed by atoms with E-state index in [9.17, 15) is 31.5 Å². The average molecular weight is 526 g/mol. The molecule has 0 unspecified atom stereocenters. The first-order chi connectivity index (χ1) is 16.9. The molecule has 0 saturated heterocycles. The van der Waals surface area contributed by atoms with Crippen LogP contribution in [0.15, 0.2) is 59.5 Å². The molecule has 3 aromatic rings. The number of nitrogens with one attached hydrogen (secondary N) is 1. The van der Waals surface area contributed by atoms with Gasteiger partial charge in [-0.2, -0.15) is 0 Å². The van der Waals surface area contributed by atoms with Crippen molar-refractivity contribution in [2.24, 2.45) is 5.14 Å². The summed E-state index contributed by atoms with van der Waals surface area (Å²) >= 11 is 0. The van der Waals surface area contributed by atoms with E-state index in [1.165, 1.54) is 56.7 Å². The van der Waals surface area contributed by atoms with E-state index in [-0.39, 0.29) is 44.3 Å². The van der Waals surface area contributed by atoms with E-state index < -0.39 is 34.6 Å². The standard InChI is InChI=1S/C23H21F3N2O7S/c1-33-16-5-7-18(19(11-16)35-23(24,25)26)17-6-3-13(9-14(17)12-29)22(30)28-15-4-8-21(36(27,31)32)20(10-15)34-2/h3-11,29H,12H2,1-2H3,(H,28,30)(H2,27,31,32). The van der Waals surface area contributed by atoms with E-state index in [1.54, 1.807) is 0 Å². The first kappa shape index (κ1) is 26.8. The van der Waals surface area contributed by atoms with Crippen LogP contribution in [0, 0.1) is 0 Å². The van der Waals surface area contributed by atoms with Crippen LogP contribution in [0.25, 0.3) is 11.1 Å². The van der Waals surface area contributed by atoms with E-state index in [1.807, 2.05) is 0 Å². The van der Waals surface area contributed by atoms with Gasteiger partial charge in [-0.1, -0.05) is 6.07 Å². The normalized spacial score (nSPS) is 11.6. The summed E-state index contributed by atoms with van der Waals surface area (Å²) in [5, 5.41) is 17.6. The van der Waals surface area contributed by atoms with Crippen molar-refractivity contribution in [3.8, 4) is 28.4 Å². The zero-order valence-corrected chi connectivity index (χ0v) is 19.7. The highest BCUT2D eigenvalue weighted by atomic mass is 32.2. The molecule has 192 valence electrons. The van der Waals surface area contributed by atoms with Gasteiger partial charge in [0.05, 0.1) is 20.8 Å². The summed E-state index contributed by atoms with van der Waals surface area (Å²) in [6.07, 6.45) is -4.97. The molecule has 1 amide bonds. The van der Waals surface area contributed by atoms with Gasteiger partial charge in [-0.3, -0.25) is 4.79 Å². The number of carbonyl (C=O) groups is 1. The maximum Gasteiger partial charge on any atom is 0.573 e. The summed E-state index contributed by atoms with van der Waals surface area (Å²) in [5.41, 5.74) is 0.642. The Kier molecular flexibility index (Phi) is 7.77. The SMILES string of the molecule is COc1ccc(-c2ccc(C(=O)Nc3ccc(S(N)(=O)=O)c(OC)c3)cc2CO)c(OC(F)(F)F)c1. The van der Waals surface area contributed by atoms with Crippen molar-refractivity contribution in [3.63, 3.8) is 0 Å². The van der Waals surface area contributed by atoms with Crippen LogP contribution in [-0.2, 0) is 16.6 Å². The molecule has 0 atom stereocenters. The molecule has 3 aromatic carbocycles. The number of aliphatic hydroxyl groups excluding tert-OH is 1. The number of anilines is 1. The summed E-state index contributed by atoms with van der Waals surface area (Å²) < 4.78 is 76.3. The molecule has 4 N–H and O–H groups in total. The van der Waals surface area contributed by atoms with Gasteiger partial charge in [0.2, 0.25) is 10.0 Å². The predicted molar refractivity (Wildman–Crippen MR) is 123 cm³/mol. The van der Waals surface area contributed by atoms with Crippen molar-refractivity contribution in [1.82, 2.24) is 0 Å². The Hall–Kier alpha value is -3.81. The largest absolute Gasteiger partial charge is 0.573 e. The van der Waals surface area contributed by atoms with Crippen molar-refractivity contribution in [2.45, 2.75) is 17.9 Å². The summed E-state index contributed by atoms with van der Waals surface area (Å²) in [6, 6.07) is 11.6. The number of rotatable bonds is 8. The van der Waals surface area contributed by atoms with Gasteiger partial charge in [-0.25, -0.2) is 13.6 Å². The molecular weight excluding hydrogens is 505 g/mol. The Morgan fingerprint density at radius 2 is 1.67 bits per heavy atom. The molecule has 0 saturated carbocycles. The summed E-state index contributed by atoms with van der Waals surface area (Å²) in [5.74, 6) is -1.14. The average Bonchev–Trinajstić information content (AvgIpc) is 2.81. The number of alkyl halides is 3. The molecule has 3 rings (SSSR count). The Morgan fingerprint density at radius 1 is 0.972 bits per heavy atom. The van der Waals surface area contributed by atoms with Crippen LogP contribution in [-0.4, -0.2) is 40.0 Å². The molecule has 0 radical (unpaired) electrons. The van der Waals surface area contributed by atoms with Crippen LogP contribution < -0.4 is 24.7 Å². The van der Waals surface area contributed by atoms with E-state index in [4.69, 9.17) is 14.6 Å². The number of halogens is 3. The van der Waals surface area contributed by atoms with Crippen molar-refractivity contribution < 1.29 is 45.7 Å². The van der Waals surface area contributed by atoms with Crippen molar-refractivity contribution in [3.05, 3.63) is 65.7 Å². The number of primary sulfonamides is 1. The number of nitrogens with two attached hydrogens (primary N) is 1. The fraction of sp³-hybridized carbons (Fsp3) is 0.174. The second-order valence-electron chi connectivity index (χ2n) is 7.30. The van der Waals surface area contributed by atoms with Crippen LogP contribution >= 0.6 is 0 Å². The first-order valence-electron chi connectivity index (χ1n) is 10.1. The predicted octanol–water partition coefficient (Wildman–Crippen LogP) is 3.66. The van der Waals surface area contributed by atoms with Gasteiger partial charge in [0.25, 0.3) is 5.91 Å². The van der Waals surface area contributed by atoms with Gasteiger partial charge in [0.1, 0.15) is 22.1 Å². The lowest BCUT2D eigenvalue weighted by Crippen LogP contribution is -2.18. The lowest BCUT2D eigenvalue weighted by Gasteiger charge is -2.17. The quantitative estimate of drug-likeness (QED) is 0.407. The number of ether oxygens (including phenoxy) is 3. The third-order valence-electron chi connectivity index (χ3n) is 4.97. The van der Waals surface area contributed by atoms with Gasteiger partial charge in [-0.05, 0) is 47.5 Å². The Bertz CT molecular complexity index is 1390. The molecule has 0 spiro atoms. The van der Waals surface area contributed by atoms with E-state index in [2.05, 4.69) is 10.1 Å². The summed E-state index contributed by atoms with van der Waals surface area (Å²) in [6.45, 7) is -0.592. The molecule has 0 aliphatic carbocycles. The maximum atomic E-state index is 13.0. The molecule has 9 nitrogen and oxygen atoms in total. The van der Waals surface area contributed by atoms with E-state index in [0.717, 1.165) is 12.1 Å². The smallest absolute Gasteiger partial charge is 0.497 e. The zero-order chi connectivity index (χ0) is 26.7. The minimum atomic E-state index is -4.97. The number of amides is 1.